The van der Waals surface area contributed by atoms with Crippen molar-refractivity contribution in [2.45, 2.75) is 38.0 Å². The van der Waals surface area contributed by atoms with Gasteiger partial charge in [0.25, 0.3) is 0 Å². The Morgan fingerprint density at radius 3 is 2.80 bits per heavy atom. The van der Waals surface area contributed by atoms with Gasteiger partial charge >= 0.3 is 5.97 Å². The molecule has 1 aliphatic carbocycles. The fraction of sp³-hybridized carbons (Fsp3) is 0.562. The molecule has 0 aliphatic heterocycles. The van der Waals surface area contributed by atoms with Gasteiger partial charge in [-0.2, -0.15) is 11.8 Å². The van der Waals surface area contributed by atoms with Crippen LogP contribution in [0.2, 0.25) is 0 Å². The van der Waals surface area contributed by atoms with E-state index in [1.807, 2.05) is 6.92 Å². The molecule has 4 heteroatoms. The zero-order valence-electron chi connectivity index (χ0n) is 12.2. The molecule has 1 unspecified atom stereocenters. The topological polar surface area (TPSA) is 49.3 Å². The van der Waals surface area contributed by atoms with Gasteiger partial charge in [0.1, 0.15) is 5.54 Å². The predicted molar refractivity (Wildman–Crippen MR) is 84.1 cm³/mol. The van der Waals surface area contributed by atoms with Crippen molar-refractivity contribution in [3.63, 3.8) is 0 Å². The Labute approximate surface area is 125 Å². The minimum atomic E-state index is -0.733. The van der Waals surface area contributed by atoms with Gasteiger partial charge in [0, 0.05) is 11.5 Å². The molecule has 0 amide bonds. The molecule has 1 atom stereocenters. The van der Waals surface area contributed by atoms with Gasteiger partial charge in [-0.3, -0.25) is 4.79 Å². The molecular formula is C16H23NO2S. The van der Waals surface area contributed by atoms with Crippen molar-refractivity contribution in [2.24, 2.45) is 5.92 Å². The van der Waals surface area contributed by atoms with E-state index in [4.69, 9.17) is 0 Å². The highest BCUT2D eigenvalue weighted by Gasteiger charge is 2.50. The van der Waals surface area contributed by atoms with E-state index in [0.29, 0.717) is 18.2 Å². The van der Waals surface area contributed by atoms with Gasteiger partial charge in [-0.05, 0) is 37.8 Å². The molecule has 3 nitrogen and oxygen atoms in total. The molecule has 20 heavy (non-hydrogen) atoms. The number of benzene rings is 1. The summed E-state index contributed by atoms with van der Waals surface area (Å²) in [6.07, 6.45) is 2.06. The molecule has 1 fully saturated rings. The average molecular weight is 293 g/mol. The normalized spacial score (nSPS) is 17.7. The first kappa shape index (κ1) is 15.4. The SMILES string of the molecule is CCNC(CSCc1cccc(C)c1)(C(=O)O)C1CC1. The monoisotopic (exact) mass is 293 g/mol. The van der Waals surface area contributed by atoms with Crippen LogP contribution in [0.15, 0.2) is 24.3 Å². The summed E-state index contributed by atoms with van der Waals surface area (Å²) in [7, 11) is 0. The number of nitrogens with one attached hydrogen (secondary N) is 1. The molecule has 2 N–H and O–H groups in total. The summed E-state index contributed by atoms with van der Waals surface area (Å²) in [6.45, 7) is 4.76. The molecule has 1 saturated carbocycles. The molecule has 0 bridgehead atoms. The summed E-state index contributed by atoms with van der Waals surface area (Å²) < 4.78 is 0. The molecule has 0 radical (unpaired) electrons. The lowest BCUT2D eigenvalue weighted by molar-refractivity contribution is -0.144. The number of carboxylic acids is 1. The number of thioether (sulfide) groups is 1. The minimum Gasteiger partial charge on any atom is -0.480 e. The van der Waals surface area contributed by atoms with Crippen molar-refractivity contribution >= 4 is 17.7 Å². The molecule has 2 rings (SSSR count). The third-order valence-corrected chi connectivity index (χ3v) is 5.03. The Hall–Kier alpha value is -1.00. The van der Waals surface area contributed by atoms with Gasteiger partial charge in [0.15, 0.2) is 0 Å². The van der Waals surface area contributed by atoms with E-state index in [1.165, 1.54) is 11.1 Å². The highest BCUT2D eigenvalue weighted by molar-refractivity contribution is 7.98. The Kier molecular flexibility index (Phi) is 5.11. The van der Waals surface area contributed by atoms with E-state index >= 15 is 0 Å². The number of carbonyl (C=O) groups is 1. The van der Waals surface area contributed by atoms with Crippen LogP contribution in [0.5, 0.6) is 0 Å². The van der Waals surface area contributed by atoms with E-state index in [0.717, 1.165) is 18.6 Å². The molecule has 1 aromatic carbocycles. The van der Waals surface area contributed by atoms with Gasteiger partial charge < -0.3 is 10.4 Å². The molecule has 1 aliphatic rings. The first-order valence-electron chi connectivity index (χ1n) is 7.20. The fourth-order valence-electron chi connectivity index (χ4n) is 2.65. The van der Waals surface area contributed by atoms with Gasteiger partial charge in [0.05, 0.1) is 0 Å². The maximum Gasteiger partial charge on any atom is 0.325 e. The highest BCUT2D eigenvalue weighted by atomic mass is 32.2. The van der Waals surface area contributed by atoms with Crippen LogP contribution >= 0.6 is 11.8 Å². The zero-order valence-corrected chi connectivity index (χ0v) is 13.0. The molecular weight excluding hydrogens is 270 g/mol. The highest BCUT2D eigenvalue weighted by Crippen LogP contribution is 2.42. The number of hydrogen-bond donors (Lipinski definition) is 2. The maximum absolute atomic E-state index is 11.7. The number of rotatable bonds is 8. The summed E-state index contributed by atoms with van der Waals surface area (Å²) in [5.41, 5.74) is 1.78. The lowest BCUT2D eigenvalue weighted by Gasteiger charge is -2.30. The van der Waals surface area contributed by atoms with Crippen LogP contribution < -0.4 is 5.32 Å². The zero-order chi connectivity index (χ0) is 14.6. The molecule has 0 spiro atoms. The summed E-state index contributed by atoms with van der Waals surface area (Å²) in [5, 5.41) is 12.9. The Bertz CT molecular complexity index is 473. The minimum absolute atomic E-state index is 0.296. The summed E-state index contributed by atoms with van der Waals surface area (Å²) in [4.78, 5) is 11.7. The van der Waals surface area contributed by atoms with Crippen LogP contribution in [0.4, 0.5) is 0 Å². The van der Waals surface area contributed by atoms with Crippen molar-refractivity contribution in [2.75, 3.05) is 12.3 Å². The van der Waals surface area contributed by atoms with Gasteiger partial charge in [0.2, 0.25) is 0 Å². The summed E-state index contributed by atoms with van der Waals surface area (Å²) in [5.74, 6) is 1.10. The number of aryl methyl sites for hydroxylation is 1. The maximum atomic E-state index is 11.7. The van der Waals surface area contributed by atoms with Crippen LogP contribution in [0.25, 0.3) is 0 Å². The van der Waals surface area contributed by atoms with Crippen molar-refractivity contribution in [1.82, 2.24) is 5.32 Å². The van der Waals surface area contributed by atoms with Crippen molar-refractivity contribution in [3.8, 4) is 0 Å². The third-order valence-electron chi connectivity index (χ3n) is 3.83. The van der Waals surface area contributed by atoms with Crippen LogP contribution in [0.3, 0.4) is 0 Å². The molecule has 0 aromatic heterocycles. The number of carboxylic acid groups (broad SMARTS) is 1. The van der Waals surface area contributed by atoms with Crippen LogP contribution in [-0.2, 0) is 10.5 Å². The van der Waals surface area contributed by atoms with E-state index in [2.05, 4.69) is 36.5 Å². The van der Waals surface area contributed by atoms with E-state index < -0.39 is 11.5 Å². The van der Waals surface area contributed by atoms with Crippen LogP contribution in [0.1, 0.15) is 30.9 Å². The fourth-order valence-corrected chi connectivity index (χ4v) is 3.95. The Morgan fingerprint density at radius 2 is 2.25 bits per heavy atom. The standard InChI is InChI=1S/C16H23NO2S/c1-3-17-16(15(18)19,14-7-8-14)11-20-10-13-6-4-5-12(2)9-13/h4-6,9,14,17H,3,7-8,10-11H2,1-2H3,(H,18,19). The molecule has 1 aromatic rings. The smallest absolute Gasteiger partial charge is 0.325 e. The largest absolute Gasteiger partial charge is 0.480 e. The second kappa shape index (κ2) is 6.64. The molecule has 110 valence electrons. The lowest BCUT2D eigenvalue weighted by Crippen LogP contribution is -2.56. The van der Waals surface area contributed by atoms with E-state index in [9.17, 15) is 9.90 Å². The second-order valence-corrected chi connectivity index (χ2v) is 6.55. The van der Waals surface area contributed by atoms with Crippen molar-refractivity contribution < 1.29 is 9.90 Å². The first-order valence-corrected chi connectivity index (χ1v) is 8.35. The van der Waals surface area contributed by atoms with E-state index in [-0.39, 0.29) is 0 Å². The lowest BCUT2D eigenvalue weighted by atomic mass is 9.96. The van der Waals surface area contributed by atoms with E-state index in [1.54, 1.807) is 11.8 Å². The third kappa shape index (κ3) is 3.55. The Balaban J connectivity index is 1.97. The van der Waals surface area contributed by atoms with Crippen LogP contribution in [-0.4, -0.2) is 28.9 Å². The number of likely N-dealkylation sites (N-methyl/N-ethyl adjacent to an activating group) is 1. The molecule has 0 heterocycles. The van der Waals surface area contributed by atoms with Crippen molar-refractivity contribution in [1.29, 1.82) is 0 Å². The first-order chi connectivity index (χ1) is 9.58. The average Bonchev–Trinajstić information content (AvgIpc) is 3.22. The van der Waals surface area contributed by atoms with Gasteiger partial charge in [-0.1, -0.05) is 36.8 Å². The Morgan fingerprint density at radius 1 is 1.50 bits per heavy atom. The van der Waals surface area contributed by atoms with Gasteiger partial charge in [-0.15, -0.1) is 0 Å². The summed E-state index contributed by atoms with van der Waals surface area (Å²) >= 11 is 1.72. The molecule has 0 saturated heterocycles. The van der Waals surface area contributed by atoms with Crippen molar-refractivity contribution in [3.05, 3.63) is 35.4 Å². The van der Waals surface area contributed by atoms with Crippen LogP contribution in [0, 0.1) is 12.8 Å². The second-order valence-electron chi connectivity index (χ2n) is 5.56. The quantitative estimate of drug-likeness (QED) is 0.773. The van der Waals surface area contributed by atoms with Gasteiger partial charge in [-0.25, -0.2) is 0 Å². The predicted octanol–water partition coefficient (Wildman–Crippen LogP) is 3.07. The number of aliphatic carboxylic acids is 1. The summed E-state index contributed by atoms with van der Waals surface area (Å²) in [6, 6.07) is 8.41. The number of hydrogen-bond acceptors (Lipinski definition) is 3.